The van der Waals surface area contributed by atoms with Gasteiger partial charge in [-0.15, -0.1) is 0 Å². The van der Waals surface area contributed by atoms with Gasteiger partial charge in [0, 0.05) is 5.92 Å². The first kappa shape index (κ1) is 10.2. The average Bonchev–Trinajstić information content (AvgIpc) is 2.31. The van der Waals surface area contributed by atoms with Crippen LogP contribution < -0.4 is 0 Å². The van der Waals surface area contributed by atoms with Crippen molar-refractivity contribution in [2.24, 2.45) is 0 Å². The maximum Gasteiger partial charge on any atom is 0.309 e. The number of hydrogen-bond donors (Lipinski definition) is 2. The van der Waals surface area contributed by atoms with Crippen LogP contribution in [0.25, 0.3) is 0 Å². The summed E-state index contributed by atoms with van der Waals surface area (Å²) in [5.41, 5.74) is 0.621. The standard InChI is InChI=1S/C8H11BrN2O2/c1-4(2)8-10-5(3-6(12)13)7(9)11-8/h4H,3H2,1-2H3,(H,10,11)(H,12,13). The van der Waals surface area contributed by atoms with Crippen molar-refractivity contribution in [1.82, 2.24) is 9.97 Å². The number of halogens is 1. The molecule has 0 aromatic carbocycles. The molecule has 0 saturated heterocycles. The van der Waals surface area contributed by atoms with E-state index in [2.05, 4.69) is 25.9 Å². The van der Waals surface area contributed by atoms with E-state index in [1.807, 2.05) is 13.8 Å². The number of rotatable bonds is 3. The van der Waals surface area contributed by atoms with Crippen LogP contribution in [0, 0.1) is 0 Å². The third-order valence-corrected chi connectivity index (χ3v) is 2.28. The molecule has 0 spiro atoms. The Morgan fingerprint density at radius 2 is 2.31 bits per heavy atom. The zero-order valence-corrected chi connectivity index (χ0v) is 9.05. The number of hydrogen-bond acceptors (Lipinski definition) is 2. The third-order valence-electron chi connectivity index (χ3n) is 1.62. The van der Waals surface area contributed by atoms with E-state index in [0.29, 0.717) is 10.3 Å². The monoisotopic (exact) mass is 246 g/mol. The first-order chi connectivity index (χ1) is 6.00. The quantitative estimate of drug-likeness (QED) is 0.857. The second-order valence-electron chi connectivity index (χ2n) is 3.12. The minimum absolute atomic E-state index is 0.0275. The molecule has 0 atom stereocenters. The topological polar surface area (TPSA) is 66.0 Å². The lowest BCUT2D eigenvalue weighted by Gasteiger charge is -1.96. The largest absolute Gasteiger partial charge is 0.481 e. The van der Waals surface area contributed by atoms with E-state index < -0.39 is 5.97 Å². The lowest BCUT2D eigenvalue weighted by atomic mass is 10.2. The van der Waals surface area contributed by atoms with Gasteiger partial charge in [0.2, 0.25) is 0 Å². The van der Waals surface area contributed by atoms with Crippen LogP contribution in [0.2, 0.25) is 0 Å². The number of nitrogens with zero attached hydrogens (tertiary/aromatic N) is 1. The minimum atomic E-state index is -0.861. The molecule has 13 heavy (non-hydrogen) atoms. The van der Waals surface area contributed by atoms with E-state index in [9.17, 15) is 4.79 Å². The van der Waals surface area contributed by atoms with Gasteiger partial charge in [-0.05, 0) is 15.9 Å². The van der Waals surface area contributed by atoms with Crippen molar-refractivity contribution in [1.29, 1.82) is 0 Å². The summed E-state index contributed by atoms with van der Waals surface area (Å²) >= 11 is 3.21. The van der Waals surface area contributed by atoms with Gasteiger partial charge >= 0.3 is 5.97 Å². The molecule has 1 aromatic rings. The number of aromatic amines is 1. The van der Waals surface area contributed by atoms with E-state index in [4.69, 9.17) is 5.11 Å². The van der Waals surface area contributed by atoms with Crippen molar-refractivity contribution in [3.8, 4) is 0 Å². The van der Waals surface area contributed by atoms with E-state index in [0.717, 1.165) is 5.82 Å². The maximum absolute atomic E-state index is 10.4. The Balaban J connectivity index is 2.89. The van der Waals surface area contributed by atoms with Crippen LogP contribution in [0.15, 0.2) is 4.60 Å². The number of nitrogens with one attached hydrogen (secondary N) is 1. The van der Waals surface area contributed by atoms with Crippen molar-refractivity contribution in [3.63, 3.8) is 0 Å². The summed E-state index contributed by atoms with van der Waals surface area (Å²) in [7, 11) is 0. The predicted octanol–water partition coefficient (Wildman–Crippen LogP) is 1.92. The highest BCUT2D eigenvalue weighted by Gasteiger charge is 2.12. The molecule has 4 nitrogen and oxygen atoms in total. The van der Waals surface area contributed by atoms with Crippen molar-refractivity contribution in [2.45, 2.75) is 26.2 Å². The van der Waals surface area contributed by atoms with Gasteiger partial charge in [-0.3, -0.25) is 4.79 Å². The van der Waals surface area contributed by atoms with Crippen molar-refractivity contribution in [2.75, 3.05) is 0 Å². The van der Waals surface area contributed by atoms with Crippen molar-refractivity contribution < 1.29 is 9.90 Å². The van der Waals surface area contributed by atoms with Crippen LogP contribution in [-0.2, 0) is 11.2 Å². The summed E-state index contributed by atoms with van der Waals surface area (Å²) < 4.78 is 0.596. The molecule has 0 saturated carbocycles. The Morgan fingerprint density at radius 3 is 2.69 bits per heavy atom. The summed E-state index contributed by atoms with van der Waals surface area (Å²) in [4.78, 5) is 17.6. The minimum Gasteiger partial charge on any atom is -0.481 e. The van der Waals surface area contributed by atoms with Gasteiger partial charge in [0.25, 0.3) is 0 Å². The predicted molar refractivity (Wildman–Crippen MR) is 51.7 cm³/mol. The van der Waals surface area contributed by atoms with E-state index in [1.165, 1.54) is 0 Å². The van der Waals surface area contributed by atoms with Gasteiger partial charge in [0.1, 0.15) is 10.4 Å². The van der Waals surface area contributed by atoms with Crippen LogP contribution in [0.5, 0.6) is 0 Å². The molecule has 0 unspecified atom stereocenters. The fraction of sp³-hybridized carbons (Fsp3) is 0.500. The van der Waals surface area contributed by atoms with Crippen LogP contribution in [0.1, 0.15) is 31.3 Å². The number of carbonyl (C=O) groups is 1. The Bertz CT molecular complexity index is 320. The molecule has 0 aliphatic heterocycles. The zero-order valence-electron chi connectivity index (χ0n) is 7.47. The second kappa shape index (κ2) is 3.91. The van der Waals surface area contributed by atoms with Crippen LogP contribution in [0.4, 0.5) is 0 Å². The van der Waals surface area contributed by atoms with Gasteiger partial charge in [0.05, 0.1) is 12.1 Å². The first-order valence-corrected chi connectivity index (χ1v) is 4.76. The molecule has 1 rings (SSSR count). The summed E-state index contributed by atoms with van der Waals surface area (Å²) in [6, 6.07) is 0. The molecule has 5 heteroatoms. The van der Waals surface area contributed by atoms with Gasteiger partial charge < -0.3 is 10.1 Å². The lowest BCUT2D eigenvalue weighted by Crippen LogP contribution is -2.01. The number of aliphatic carboxylic acids is 1. The highest BCUT2D eigenvalue weighted by molar-refractivity contribution is 9.10. The van der Waals surface area contributed by atoms with Gasteiger partial charge in [-0.2, -0.15) is 0 Å². The summed E-state index contributed by atoms with van der Waals surface area (Å²) in [6.07, 6.45) is -0.0275. The maximum atomic E-state index is 10.4. The zero-order chi connectivity index (χ0) is 10.0. The van der Waals surface area contributed by atoms with Crippen molar-refractivity contribution >= 4 is 21.9 Å². The lowest BCUT2D eigenvalue weighted by molar-refractivity contribution is -0.136. The summed E-state index contributed by atoms with van der Waals surface area (Å²) in [5.74, 6) is 0.224. The Hall–Kier alpha value is -0.840. The van der Waals surface area contributed by atoms with Crippen LogP contribution in [0.3, 0.4) is 0 Å². The number of carboxylic acid groups (broad SMARTS) is 1. The molecule has 72 valence electrons. The normalized spacial score (nSPS) is 10.8. The molecule has 1 aromatic heterocycles. The average molecular weight is 247 g/mol. The molecule has 0 amide bonds. The van der Waals surface area contributed by atoms with E-state index in [1.54, 1.807) is 0 Å². The van der Waals surface area contributed by atoms with Gasteiger partial charge in [-0.1, -0.05) is 13.8 Å². The Morgan fingerprint density at radius 1 is 1.69 bits per heavy atom. The molecule has 0 fully saturated rings. The Kier molecular flexibility index (Phi) is 3.08. The molecule has 1 heterocycles. The summed E-state index contributed by atoms with van der Waals surface area (Å²) in [5, 5.41) is 8.57. The fourth-order valence-electron chi connectivity index (χ4n) is 0.949. The molecule has 2 N–H and O–H groups in total. The fourth-order valence-corrected chi connectivity index (χ4v) is 1.38. The number of H-pyrrole nitrogens is 1. The van der Waals surface area contributed by atoms with Gasteiger partial charge in [0.15, 0.2) is 0 Å². The molecule has 0 aliphatic rings. The number of imidazole rings is 1. The SMILES string of the molecule is CC(C)c1nc(Br)c(CC(=O)O)[nH]1. The van der Waals surface area contributed by atoms with E-state index >= 15 is 0 Å². The molecular formula is C8H11BrN2O2. The van der Waals surface area contributed by atoms with E-state index in [-0.39, 0.29) is 12.3 Å². The second-order valence-corrected chi connectivity index (χ2v) is 3.87. The molecule has 0 bridgehead atoms. The molecule has 0 radical (unpaired) electrons. The number of aromatic nitrogens is 2. The highest BCUT2D eigenvalue weighted by atomic mass is 79.9. The molecule has 0 aliphatic carbocycles. The summed E-state index contributed by atoms with van der Waals surface area (Å²) in [6.45, 7) is 3.99. The Labute approximate surface area is 84.5 Å². The molecular weight excluding hydrogens is 236 g/mol. The van der Waals surface area contributed by atoms with Crippen molar-refractivity contribution in [3.05, 3.63) is 16.1 Å². The third kappa shape index (κ3) is 2.55. The smallest absolute Gasteiger partial charge is 0.309 e. The van der Waals surface area contributed by atoms with Crippen LogP contribution >= 0.6 is 15.9 Å². The highest BCUT2D eigenvalue weighted by Crippen LogP contribution is 2.18. The van der Waals surface area contributed by atoms with Gasteiger partial charge in [-0.25, -0.2) is 4.98 Å². The first-order valence-electron chi connectivity index (χ1n) is 3.96. The van der Waals surface area contributed by atoms with Crippen LogP contribution in [-0.4, -0.2) is 21.0 Å². The number of carboxylic acids is 1.